The van der Waals surface area contributed by atoms with Gasteiger partial charge in [0.2, 0.25) is 0 Å². The third-order valence-electron chi connectivity index (χ3n) is 5.42. The molecule has 0 bridgehead atoms. The van der Waals surface area contributed by atoms with Crippen molar-refractivity contribution in [3.8, 4) is 11.3 Å². The molecule has 3 nitrogen and oxygen atoms in total. The number of aromatic nitrogens is 1. The maximum atomic E-state index is 13.1. The Balaban J connectivity index is 1.82. The molecule has 1 heterocycles. The van der Waals surface area contributed by atoms with E-state index in [4.69, 9.17) is 16.6 Å². The topological polar surface area (TPSA) is 42.0 Å². The molecule has 0 atom stereocenters. The first-order valence-corrected chi connectivity index (χ1v) is 9.97. The number of benzene rings is 2. The predicted octanol–water partition coefficient (Wildman–Crippen LogP) is 5.93. The second-order valence-corrected chi connectivity index (χ2v) is 7.71. The number of nitrogens with zero attached hydrogens (tertiary/aromatic N) is 1. The van der Waals surface area contributed by atoms with Crippen molar-refractivity contribution in [2.75, 3.05) is 0 Å². The number of hydrogen-bond donors (Lipinski definition) is 1. The van der Waals surface area contributed by atoms with Crippen LogP contribution in [0.5, 0.6) is 0 Å². The molecule has 138 valence electrons. The Morgan fingerprint density at radius 1 is 1.07 bits per heavy atom. The van der Waals surface area contributed by atoms with Crippen molar-refractivity contribution >= 4 is 28.4 Å². The molecular weight excluding hydrogens is 356 g/mol. The minimum Gasteiger partial charge on any atom is -0.349 e. The Morgan fingerprint density at radius 2 is 1.81 bits per heavy atom. The van der Waals surface area contributed by atoms with Gasteiger partial charge in [0.25, 0.3) is 5.91 Å². The predicted molar refractivity (Wildman–Crippen MR) is 111 cm³/mol. The first-order valence-electron chi connectivity index (χ1n) is 9.59. The number of carbonyl (C=O) groups excluding carboxylic acids is 1. The molecule has 1 fully saturated rings. The van der Waals surface area contributed by atoms with E-state index in [1.807, 2.05) is 55.5 Å². The van der Waals surface area contributed by atoms with Crippen LogP contribution in [0.25, 0.3) is 22.2 Å². The summed E-state index contributed by atoms with van der Waals surface area (Å²) in [5, 5.41) is 4.76. The molecule has 1 aromatic heterocycles. The average molecular weight is 379 g/mol. The molecule has 0 spiro atoms. The lowest BCUT2D eigenvalue weighted by atomic mass is 9.95. The standard InChI is InChI=1S/C23H23ClN2O/c1-15-20(24)13-12-18-19(23(27)25-17-10-6-3-7-11-17)14-21(26-22(15)18)16-8-4-2-5-9-16/h2,4-5,8-9,12-14,17H,3,6-7,10-11H2,1H3,(H,25,27). The summed E-state index contributed by atoms with van der Waals surface area (Å²) in [4.78, 5) is 18.0. The van der Waals surface area contributed by atoms with E-state index in [0.717, 1.165) is 40.6 Å². The summed E-state index contributed by atoms with van der Waals surface area (Å²) >= 11 is 6.33. The number of rotatable bonds is 3. The summed E-state index contributed by atoms with van der Waals surface area (Å²) < 4.78 is 0. The molecule has 4 heteroatoms. The van der Waals surface area contributed by atoms with Gasteiger partial charge < -0.3 is 5.32 Å². The molecule has 0 aliphatic heterocycles. The van der Waals surface area contributed by atoms with Crippen LogP contribution in [-0.4, -0.2) is 16.9 Å². The van der Waals surface area contributed by atoms with Gasteiger partial charge in [-0.1, -0.05) is 67.3 Å². The molecule has 2 aromatic carbocycles. The van der Waals surface area contributed by atoms with E-state index in [0.29, 0.717) is 10.6 Å². The molecule has 1 aliphatic carbocycles. The smallest absolute Gasteiger partial charge is 0.252 e. The number of pyridine rings is 1. The Kier molecular flexibility index (Phi) is 5.13. The van der Waals surface area contributed by atoms with Crippen molar-refractivity contribution < 1.29 is 4.79 Å². The van der Waals surface area contributed by atoms with Gasteiger partial charge >= 0.3 is 0 Å². The van der Waals surface area contributed by atoms with Crippen molar-refractivity contribution in [1.82, 2.24) is 10.3 Å². The van der Waals surface area contributed by atoms with Crippen LogP contribution in [0, 0.1) is 6.92 Å². The molecule has 1 aliphatic rings. The van der Waals surface area contributed by atoms with E-state index >= 15 is 0 Å². The summed E-state index contributed by atoms with van der Waals surface area (Å²) in [5.41, 5.74) is 4.15. The molecule has 0 radical (unpaired) electrons. The zero-order valence-corrected chi connectivity index (χ0v) is 16.2. The van der Waals surface area contributed by atoms with Gasteiger partial charge in [-0.15, -0.1) is 0 Å². The van der Waals surface area contributed by atoms with E-state index in [1.165, 1.54) is 19.3 Å². The number of hydrogen-bond acceptors (Lipinski definition) is 2. The summed E-state index contributed by atoms with van der Waals surface area (Å²) in [6.07, 6.45) is 5.76. The Bertz CT molecular complexity index is 979. The molecule has 1 N–H and O–H groups in total. The highest BCUT2D eigenvalue weighted by Crippen LogP contribution is 2.30. The lowest BCUT2D eigenvalue weighted by molar-refractivity contribution is 0.0929. The van der Waals surface area contributed by atoms with Gasteiger partial charge in [0.1, 0.15) is 0 Å². The fourth-order valence-corrected chi connectivity index (χ4v) is 4.01. The van der Waals surface area contributed by atoms with Gasteiger partial charge in [-0.25, -0.2) is 4.98 Å². The first kappa shape index (κ1) is 18.0. The second kappa shape index (κ2) is 7.69. The van der Waals surface area contributed by atoms with Gasteiger partial charge in [-0.3, -0.25) is 4.79 Å². The van der Waals surface area contributed by atoms with Crippen molar-refractivity contribution in [2.24, 2.45) is 0 Å². The fourth-order valence-electron chi connectivity index (χ4n) is 3.86. The lowest BCUT2D eigenvalue weighted by Crippen LogP contribution is -2.36. The number of carbonyl (C=O) groups is 1. The zero-order valence-electron chi connectivity index (χ0n) is 15.5. The highest BCUT2D eigenvalue weighted by atomic mass is 35.5. The van der Waals surface area contributed by atoms with Crippen LogP contribution in [0.15, 0.2) is 48.5 Å². The molecular formula is C23H23ClN2O. The largest absolute Gasteiger partial charge is 0.349 e. The maximum absolute atomic E-state index is 13.1. The summed E-state index contributed by atoms with van der Waals surface area (Å²) in [6, 6.07) is 15.9. The van der Waals surface area contributed by atoms with Crippen LogP contribution in [0.4, 0.5) is 0 Å². The van der Waals surface area contributed by atoms with Crippen molar-refractivity contribution in [2.45, 2.75) is 45.1 Å². The maximum Gasteiger partial charge on any atom is 0.252 e. The van der Waals surface area contributed by atoms with E-state index < -0.39 is 0 Å². The van der Waals surface area contributed by atoms with Crippen LogP contribution >= 0.6 is 11.6 Å². The normalized spacial score (nSPS) is 15.0. The molecule has 3 aromatic rings. The molecule has 0 unspecified atom stereocenters. The first-order chi connectivity index (χ1) is 13.1. The molecule has 4 rings (SSSR count). The Morgan fingerprint density at radius 3 is 2.56 bits per heavy atom. The highest BCUT2D eigenvalue weighted by molar-refractivity contribution is 6.32. The fraction of sp³-hybridized carbons (Fsp3) is 0.304. The van der Waals surface area contributed by atoms with E-state index in [2.05, 4.69) is 5.32 Å². The average Bonchev–Trinajstić information content (AvgIpc) is 2.71. The SMILES string of the molecule is Cc1c(Cl)ccc2c(C(=O)NC3CCCCC3)cc(-c3ccccc3)nc12. The molecule has 1 saturated carbocycles. The Hall–Kier alpha value is -2.39. The Labute approximate surface area is 164 Å². The van der Waals surface area contributed by atoms with Gasteiger partial charge in [0.05, 0.1) is 16.8 Å². The lowest BCUT2D eigenvalue weighted by Gasteiger charge is -2.23. The summed E-state index contributed by atoms with van der Waals surface area (Å²) in [7, 11) is 0. The third-order valence-corrected chi connectivity index (χ3v) is 5.83. The van der Waals surface area contributed by atoms with Gasteiger partial charge in [-0.05, 0) is 37.5 Å². The number of amides is 1. The van der Waals surface area contributed by atoms with E-state index in [1.54, 1.807) is 0 Å². The number of nitrogens with one attached hydrogen (secondary N) is 1. The van der Waals surface area contributed by atoms with Gasteiger partial charge in [-0.2, -0.15) is 0 Å². The van der Waals surface area contributed by atoms with Crippen LogP contribution in [0.1, 0.15) is 48.0 Å². The van der Waals surface area contributed by atoms with Gasteiger partial charge in [0.15, 0.2) is 0 Å². The van der Waals surface area contributed by atoms with Crippen molar-refractivity contribution in [3.63, 3.8) is 0 Å². The summed E-state index contributed by atoms with van der Waals surface area (Å²) in [5.74, 6) is -0.0202. The quantitative estimate of drug-likeness (QED) is 0.614. The molecule has 0 saturated heterocycles. The number of fused-ring (bicyclic) bond motifs is 1. The van der Waals surface area contributed by atoms with Gasteiger partial charge in [0, 0.05) is 22.0 Å². The number of aryl methyl sites for hydroxylation is 1. The van der Waals surface area contributed by atoms with Crippen molar-refractivity contribution in [3.05, 3.63) is 64.7 Å². The van der Waals surface area contributed by atoms with Crippen LogP contribution < -0.4 is 5.32 Å². The van der Waals surface area contributed by atoms with Crippen LogP contribution in [0.3, 0.4) is 0 Å². The summed E-state index contributed by atoms with van der Waals surface area (Å²) in [6.45, 7) is 1.95. The van der Waals surface area contributed by atoms with E-state index in [-0.39, 0.29) is 11.9 Å². The minimum atomic E-state index is -0.0202. The molecule has 27 heavy (non-hydrogen) atoms. The zero-order chi connectivity index (χ0) is 18.8. The van der Waals surface area contributed by atoms with E-state index in [9.17, 15) is 4.79 Å². The second-order valence-electron chi connectivity index (χ2n) is 7.30. The highest BCUT2D eigenvalue weighted by Gasteiger charge is 2.20. The number of halogens is 1. The van der Waals surface area contributed by atoms with Crippen LogP contribution in [0.2, 0.25) is 5.02 Å². The van der Waals surface area contributed by atoms with Crippen LogP contribution in [-0.2, 0) is 0 Å². The van der Waals surface area contributed by atoms with Crippen molar-refractivity contribution in [1.29, 1.82) is 0 Å². The minimum absolute atomic E-state index is 0.0202. The third kappa shape index (κ3) is 3.70. The molecule has 1 amide bonds. The monoisotopic (exact) mass is 378 g/mol.